The van der Waals surface area contributed by atoms with Crippen molar-refractivity contribution >= 4 is 28.3 Å². The van der Waals surface area contributed by atoms with Gasteiger partial charge in [0.2, 0.25) is 5.91 Å². The smallest absolute Gasteiger partial charge is 0.244 e. The van der Waals surface area contributed by atoms with Gasteiger partial charge in [-0.05, 0) is 18.2 Å². The van der Waals surface area contributed by atoms with Crippen LogP contribution < -0.4 is 10.1 Å². The zero-order valence-electron chi connectivity index (χ0n) is 16.0. The van der Waals surface area contributed by atoms with Crippen molar-refractivity contribution in [3.05, 3.63) is 96.2 Å². The molecule has 0 aliphatic carbocycles. The molecule has 5 heteroatoms. The van der Waals surface area contributed by atoms with Crippen molar-refractivity contribution in [3.8, 4) is 5.75 Å². The number of para-hydroxylation sites is 3. The van der Waals surface area contributed by atoms with Gasteiger partial charge < -0.3 is 14.6 Å². The number of carbonyl (C=O) groups is 2. The summed E-state index contributed by atoms with van der Waals surface area (Å²) in [7, 11) is 1.56. The topological polar surface area (TPSA) is 60.3 Å². The molecule has 0 saturated carbocycles. The molecule has 0 aliphatic rings. The van der Waals surface area contributed by atoms with Crippen molar-refractivity contribution in [1.82, 2.24) is 4.57 Å². The van der Waals surface area contributed by atoms with Crippen LogP contribution in [0.4, 0.5) is 5.69 Å². The van der Waals surface area contributed by atoms with E-state index in [1.54, 1.807) is 42.1 Å². The van der Waals surface area contributed by atoms with E-state index in [0.717, 1.165) is 10.9 Å². The Morgan fingerprint density at radius 3 is 2.38 bits per heavy atom. The maximum atomic E-state index is 13.0. The molecule has 0 atom stereocenters. The lowest BCUT2D eigenvalue weighted by atomic mass is 10.0. The monoisotopic (exact) mass is 384 g/mol. The van der Waals surface area contributed by atoms with Gasteiger partial charge in [-0.1, -0.05) is 60.7 Å². The fourth-order valence-corrected chi connectivity index (χ4v) is 3.40. The van der Waals surface area contributed by atoms with Crippen LogP contribution in [0, 0.1) is 0 Å². The van der Waals surface area contributed by atoms with Gasteiger partial charge in [-0.3, -0.25) is 9.59 Å². The number of fused-ring (bicyclic) bond motifs is 1. The van der Waals surface area contributed by atoms with E-state index in [1.807, 2.05) is 54.6 Å². The minimum Gasteiger partial charge on any atom is -0.495 e. The van der Waals surface area contributed by atoms with Crippen molar-refractivity contribution in [2.24, 2.45) is 0 Å². The van der Waals surface area contributed by atoms with Gasteiger partial charge in [0.1, 0.15) is 12.3 Å². The predicted molar refractivity (Wildman–Crippen MR) is 113 cm³/mol. The summed E-state index contributed by atoms with van der Waals surface area (Å²) in [6.07, 6.45) is 1.75. The molecule has 1 amide bonds. The molecule has 0 radical (unpaired) electrons. The first-order valence-electron chi connectivity index (χ1n) is 9.28. The van der Waals surface area contributed by atoms with Gasteiger partial charge in [0, 0.05) is 28.2 Å². The lowest BCUT2D eigenvalue weighted by molar-refractivity contribution is -0.116. The number of nitrogens with one attached hydrogen (secondary N) is 1. The lowest BCUT2D eigenvalue weighted by Gasteiger charge is -2.10. The molecule has 3 aromatic carbocycles. The summed E-state index contributed by atoms with van der Waals surface area (Å²) in [5, 5.41) is 3.70. The first kappa shape index (κ1) is 18.5. The molecule has 144 valence electrons. The molecule has 5 nitrogen and oxygen atoms in total. The van der Waals surface area contributed by atoms with E-state index in [-0.39, 0.29) is 18.2 Å². The van der Waals surface area contributed by atoms with Gasteiger partial charge in [0.25, 0.3) is 0 Å². The zero-order valence-corrected chi connectivity index (χ0v) is 16.0. The summed E-state index contributed by atoms with van der Waals surface area (Å²) in [4.78, 5) is 25.7. The van der Waals surface area contributed by atoms with Crippen molar-refractivity contribution in [1.29, 1.82) is 0 Å². The standard InChI is InChI=1S/C24H20N2O3/c1-29-22-14-8-6-12-20(22)25-23(27)16-26-15-19(18-11-5-7-13-21(18)26)24(28)17-9-3-2-4-10-17/h2-15H,16H2,1H3,(H,25,27). The highest BCUT2D eigenvalue weighted by Gasteiger charge is 2.18. The van der Waals surface area contributed by atoms with Gasteiger partial charge >= 0.3 is 0 Å². The second-order valence-electron chi connectivity index (χ2n) is 6.63. The highest BCUT2D eigenvalue weighted by atomic mass is 16.5. The minimum atomic E-state index is -0.200. The van der Waals surface area contributed by atoms with E-state index < -0.39 is 0 Å². The number of ether oxygens (including phenoxy) is 1. The van der Waals surface area contributed by atoms with E-state index in [1.165, 1.54) is 0 Å². The second kappa shape index (κ2) is 8.02. The summed E-state index contributed by atoms with van der Waals surface area (Å²) in [5.41, 5.74) is 2.64. The van der Waals surface area contributed by atoms with Gasteiger partial charge in [0.05, 0.1) is 12.8 Å². The maximum absolute atomic E-state index is 13.0. The lowest BCUT2D eigenvalue weighted by Crippen LogP contribution is -2.18. The van der Waals surface area contributed by atoms with Crippen LogP contribution >= 0.6 is 0 Å². The van der Waals surface area contributed by atoms with Crippen LogP contribution in [0.3, 0.4) is 0 Å². The molecule has 4 rings (SSSR count). The molecule has 1 aromatic heterocycles. The Balaban J connectivity index is 1.64. The molecule has 0 unspecified atom stereocenters. The van der Waals surface area contributed by atoms with E-state index in [4.69, 9.17) is 4.74 Å². The second-order valence-corrected chi connectivity index (χ2v) is 6.63. The fraction of sp³-hybridized carbons (Fsp3) is 0.0833. The number of hydrogen-bond acceptors (Lipinski definition) is 3. The van der Waals surface area contributed by atoms with E-state index in [9.17, 15) is 9.59 Å². The number of rotatable bonds is 6. The Bertz CT molecular complexity index is 1180. The Hall–Kier alpha value is -3.86. The normalized spacial score (nSPS) is 10.7. The van der Waals surface area contributed by atoms with E-state index in [0.29, 0.717) is 22.6 Å². The van der Waals surface area contributed by atoms with Crippen molar-refractivity contribution in [2.45, 2.75) is 6.54 Å². The Kier molecular flexibility index (Phi) is 5.12. The minimum absolute atomic E-state index is 0.0642. The number of nitrogens with zero attached hydrogens (tertiary/aromatic N) is 1. The molecule has 0 fully saturated rings. The van der Waals surface area contributed by atoms with Crippen LogP contribution in [0.1, 0.15) is 15.9 Å². The van der Waals surface area contributed by atoms with Crippen LogP contribution in [0.5, 0.6) is 5.75 Å². The Morgan fingerprint density at radius 1 is 0.897 bits per heavy atom. The average molecular weight is 384 g/mol. The summed E-state index contributed by atoms with van der Waals surface area (Å²) >= 11 is 0. The van der Waals surface area contributed by atoms with Crippen LogP contribution in [-0.2, 0) is 11.3 Å². The number of amides is 1. The quantitative estimate of drug-likeness (QED) is 0.497. The third-order valence-corrected chi connectivity index (χ3v) is 4.76. The number of ketones is 1. The summed E-state index contributed by atoms with van der Waals surface area (Å²) in [5.74, 6) is 0.331. The van der Waals surface area contributed by atoms with Gasteiger partial charge in [-0.2, -0.15) is 0 Å². The van der Waals surface area contributed by atoms with Gasteiger partial charge in [-0.15, -0.1) is 0 Å². The number of hydrogen-bond donors (Lipinski definition) is 1. The van der Waals surface area contributed by atoms with E-state index >= 15 is 0 Å². The van der Waals surface area contributed by atoms with Crippen molar-refractivity contribution in [3.63, 3.8) is 0 Å². The molecule has 0 spiro atoms. The molecule has 0 saturated heterocycles. The van der Waals surface area contributed by atoms with Crippen molar-refractivity contribution in [2.75, 3.05) is 12.4 Å². The molecule has 1 heterocycles. The molecule has 1 N–H and O–H groups in total. The first-order valence-corrected chi connectivity index (χ1v) is 9.28. The largest absolute Gasteiger partial charge is 0.495 e. The Morgan fingerprint density at radius 2 is 1.59 bits per heavy atom. The molecular weight excluding hydrogens is 364 g/mol. The van der Waals surface area contributed by atoms with E-state index in [2.05, 4.69) is 5.32 Å². The summed E-state index contributed by atoms with van der Waals surface area (Å²) in [6, 6.07) is 24.0. The highest BCUT2D eigenvalue weighted by molar-refractivity contribution is 6.16. The number of aromatic nitrogens is 1. The van der Waals surface area contributed by atoms with Crippen LogP contribution in [-0.4, -0.2) is 23.4 Å². The fourth-order valence-electron chi connectivity index (χ4n) is 3.40. The zero-order chi connectivity index (χ0) is 20.2. The molecule has 0 bridgehead atoms. The van der Waals surface area contributed by atoms with Gasteiger partial charge in [0.15, 0.2) is 5.78 Å². The van der Waals surface area contributed by atoms with Crippen LogP contribution in [0.25, 0.3) is 10.9 Å². The van der Waals surface area contributed by atoms with Crippen LogP contribution in [0.15, 0.2) is 85.1 Å². The molecular formula is C24H20N2O3. The summed E-state index contributed by atoms with van der Waals surface area (Å²) in [6.45, 7) is 0.0840. The Labute approximate surface area is 168 Å². The SMILES string of the molecule is COc1ccccc1NC(=O)Cn1cc(C(=O)c2ccccc2)c2ccccc21. The van der Waals surface area contributed by atoms with Crippen LogP contribution in [0.2, 0.25) is 0 Å². The number of methoxy groups -OCH3 is 1. The maximum Gasteiger partial charge on any atom is 0.244 e. The van der Waals surface area contributed by atoms with Gasteiger partial charge in [-0.25, -0.2) is 0 Å². The average Bonchev–Trinajstić information content (AvgIpc) is 3.12. The van der Waals surface area contributed by atoms with Crippen molar-refractivity contribution < 1.29 is 14.3 Å². The molecule has 0 aliphatic heterocycles. The summed E-state index contributed by atoms with van der Waals surface area (Å²) < 4.78 is 7.09. The third-order valence-electron chi connectivity index (χ3n) is 4.76. The first-order chi connectivity index (χ1) is 14.2. The number of anilines is 1. The predicted octanol–water partition coefficient (Wildman–Crippen LogP) is 4.52. The number of carbonyl (C=O) groups excluding carboxylic acids is 2. The third kappa shape index (κ3) is 3.75. The molecule has 4 aromatic rings. The molecule has 29 heavy (non-hydrogen) atoms. The highest BCUT2D eigenvalue weighted by Crippen LogP contribution is 2.25. The number of benzene rings is 3.